The lowest BCUT2D eigenvalue weighted by Gasteiger charge is -2.36. The molecule has 1 heterocycles. The van der Waals surface area contributed by atoms with E-state index in [-0.39, 0.29) is 5.91 Å². The van der Waals surface area contributed by atoms with Crippen LogP contribution in [0, 0.1) is 0 Å². The zero-order valence-electron chi connectivity index (χ0n) is 16.9. The number of hydrogen-bond acceptors (Lipinski definition) is 6. The highest BCUT2D eigenvalue weighted by Crippen LogP contribution is 2.28. The highest BCUT2D eigenvalue weighted by atomic mass is 16.5. The monoisotopic (exact) mass is 397 g/mol. The average Bonchev–Trinajstić information content (AvgIpc) is 2.78. The van der Waals surface area contributed by atoms with Crippen molar-refractivity contribution in [1.29, 1.82) is 0 Å². The second kappa shape index (κ2) is 9.93. The molecule has 0 saturated carbocycles. The largest absolute Gasteiger partial charge is 0.495 e. The molecule has 0 bridgehead atoms. The Morgan fingerprint density at radius 2 is 1.66 bits per heavy atom. The first-order valence-electron chi connectivity index (χ1n) is 9.69. The summed E-state index contributed by atoms with van der Waals surface area (Å²) in [6.07, 6.45) is 0.424. The Labute approximate surface area is 171 Å². The maximum atomic E-state index is 12.2. The number of piperazine rings is 1. The third kappa shape index (κ3) is 5.48. The van der Waals surface area contributed by atoms with Crippen molar-refractivity contribution < 1.29 is 19.1 Å². The van der Waals surface area contributed by atoms with Crippen molar-refractivity contribution >= 4 is 23.3 Å². The van der Waals surface area contributed by atoms with Crippen molar-refractivity contribution in [1.82, 2.24) is 4.90 Å². The lowest BCUT2D eigenvalue weighted by molar-refractivity contribution is -0.116. The number of benzene rings is 2. The summed E-state index contributed by atoms with van der Waals surface area (Å²) in [4.78, 5) is 28.3. The Bertz CT molecular complexity index is 830. The molecule has 0 aromatic heterocycles. The molecule has 0 aliphatic carbocycles. The van der Waals surface area contributed by atoms with Gasteiger partial charge in [0.05, 0.1) is 25.5 Å². The third-order valence-electron chi connectivity index (χ3n) is 5.04. The summed E-state index contributed by atoms with van der Waals surface area (Å²) in [6.45, 7) is 4.32. The number of para-hydroxylation sites is 2. The first-order chi connectivity index (χ1) is 14.1. The number of ether oxygens (including phenoxy) is 2. The molecule has 7 nitrogen and oxygen atoms in total. The number of carbonyl (C=O) groups excluding carboxylic acids is 2. The first kappa shape index (κ1) is 20.7. The molecule has 1 aliphatic heterocycles. The number of amides is 1. The van der Waals surface area contributed by atoms with Crippen LogP contribution < -0.4 is 15.0 Å². The minimum absolute atomic E-state index is 0.0389. The fraction of sp³-hybridized carbons (Fsp3) is 0.364. The van der Waals surface area contributed by atoms with E-state index < -0.39 is 5.97 Å². The molecule has 0 atom stereocenters. The molecular weight excluding hydrogens is 370 g/mol. The molecule has 0 unspecified atom stereocenters. The van der Waals surface area contributed by atoms with Crippen LogP contribution >= 0.6 is 0 Å². The highest BCUT2D eigenvalue weighted by molar-refractivity contribution is 5.93. The summed E-state index contributed by atoms with van der Waals surface area (Å²) in [6, 6.07) is 14.7. The molecule has 1 fully saturated rings. The van der Waals surface area contributed by atoms with Crippen LogP contribution in [-0.2, 0) is 9.53 Å². The Balaban J connectivity index is 1.43. The van der Waals surface area contributed by atoms with E-state index in [4.69, 9.17) is 4.74 Å². The van der Waals surface area contributed by atoms with Crippen LogP contribution in [0.15, 0.2) is 48.5 Å². The number of carbonyl (C=O) groups is 2. The number of anilines is 2. The Morgan fingerprint density at radius 3 is 2.31 bits per heavy atom. The summed E-state index contributed by atoms with van der Waals surface area (Å²) in [5, 5.41) is 2.87. The topological polar surface area (TPSA) is 71.1 Å². The highest BCUT2D eigenvalue weighted by Gasteiger charge is 2.20. The van der Waals surface area contributed by atoms with Gasteiger partial charge in [0.25, 0.3) is 0 Å². The van der Waals surface area contributed by atoms with Crippen molar-refractivity contribution in [2.45, 2.75) is 6.42 Å². The number of rotatable bonds is 7. The van der Waals surface area contributed by atoms with Crippen molar-refractivity contribution in [3.05, 3.63) is 54.1 Å². The molecule has 1 N–H and O–H groups in total. The fourth-order valence-electron chi connectivity index (χ4n) is 3.39. The van der Waals surface area contributed by atoms with Crippen LogP contribution in [0.1, 0.15) is 16.8 Å². The van der Waals surface area contributed by atoms with E-state index in [2.05, 4.69) is 25.9 Å². The molecule has 1 aliphatic rings. The number of methoxy groups -OCH3 is 2. The van der Waals surface area contributed by atoms with Crippen LogP contribution in [0.3, 0.4) is 0 Å². The van der Waals surface area contributed by atoms with E-state index in [0.29, 0.717) is 24.2 Å². The fourth-order valence-corrected chi connectivity index (χ4v) is 3.39. The van der Waals surface area contributed by atoms with Gasteiger partial charge in [0, 0.05) is 44.8 Å². The Hall–Kier alpha value is -3.06. The van der Waals surface area contributed by atoms with Gasteiger partial charge < -0.3 is 19.7 Å². The van der Waals surface area contributed by atoms with E-state index in [1.54, 1.807) is 31.4 Å². The summed E-state index contributed by atoms with van der Waals surface area (Å²) in [7, 11) is 3.03. The van der Waals surface area contributed by atoms with Gasteiger partial charge in [-0.15, -0.1) is 0 Å². The van der Waals surface area contributed by atoms with E-state index in [0.717, 1.165) is 37.6 Å². The van der Waals surface area contributed by atoms with E-state index in [1.165, 1.54) is 7.11 Å². The molecule has 3 rings (SSSR count). The summed E-state index contributed by atoms with van der Waals surface area (Å²) in [5.41, 5.74) is 2.24. The second-order valence-corrected chi connectivity index (χ2v) is 6.87. The SMILES string of the molecule is COC(=O)c1ccc(NC(=O)CCN2CCN(c3ccccc3OC)CC2)cc1. The zero-order chi connectivity index (χ0) is 20.6. The smallest absolute Gasteiger partial charge is 0.337 e. The number of hydrogen-bond donors (Lipinski definition) is 1. The third-order valence-corrected chi connectivity index (χ3v) is 5.04. The Morgan fingerprint density at radius 1 is 0.966 bits per heavy atom. The zero-order valence-corrected chi connectivity index (χ0v) is 16.9. The normalized spacial score (nSPS) is 14.3. The Kier molecular flexibility index (Phi) is 7.08. The molecule has 1 amide bonds. The molecule has 0 spiro atoms. The van der Waals surface area contributed by atoms with Gasteiger partial charge in [0.2, 0.25) is 5.91 Å². The predicted octanol–water partition coefficient (Wildman–Crippen LogP) is 2.63. The van der Waals surface area contributed by atoms with Crippen molar-refractivity contribution in [3.63, 3.8) is 0 Å². The standard InChI is InChI=1S/C22H27N3O4/c1-28-20-6-4-3-5-19(20)25-15-13-24(14-16-25)12-11-21(26)23-18-9-7-17(8-10-18)22(27)29-2/h3-10H,11-16H2,1-2H3,(H,23,26). The molecule has 29 heavy (non-hydrogen) atoms. The van der Waals surface area contributed by atoms with E-state index in [1.807, 2.05) is 18.2 Å². The minimum atomic E-state index is -0.393. The summed E-state index contributed by atoms with van der Waals surface area (Å²) >= 11 is 0. The van der Waals surface area contributed by atoms with Crippen LogP contribution in [-0.4, -0.2) is 63.7 Å². The van der Waals surface area contributed by atoms with Gasteiger partial charge in [-0.05, 0) is 36.4 Å². The summed E-state index contributed by atoms with van der Waals surface area (Å²) < 4.78 is 10.1. The molecule has 0 radical (unpaired) electrons. The molecular formula is C22H27N3O4. The number of nitrogens with one attached hydrogen (secondary N) is 1. The molecule has 2 aromatic rings. The van der Waals surface area contributed by atoms with E-state index in [9.17, 15) is 9.59 Å². The van der Waals surface area contributed by atoms with Crippen LogP contribution in [0.5, 0.6) is 5.75 Å². The lowest BCUT2D eigenvalue weighted by Crippen LogP contribution is -2.47. The first-order valence-corrected chi connectivity index (χ1v) is 9.69. The quantitative estimate of drug-likeness (QED) is 0.725. The van der Waals surface area contributed by atoms with Crippen LogP contribution in [0.25, 0.3) is 0 Å². The van der Waals surface area contributed by atoms with Gasteiger partial charge in [-0.25, -0.2) is 4.79 Å². The van der Waals surface area contributed by atoms with Crippen molar-refractivity contribution in [2.75, 3.05) is 57.2 Å². The lowest BCUT2D eigenvalue weighted by atomic mass is 10.2. The van der Waals surface area contributed by atoms with Gasteiger partial charge in [-0.1, -0.05) is 12.1 Å². The molecule has 7 heteroatoms. The van der Waals surface area contributed by atoms with Crippen molar-refractivity contribution in [2.24, 2.45) is 0 Å². The molecule has 1 saturated heterocycles. The minimum Gasteiger partial charge on any atom is -0.495 e. The number of esters is 1. The number of nitrogens with zero attached hydrogens (tertiary/aromatic N) is 2. The van der Waals surface area contributed by atoms with Crippen LogP contribution in [0.4, 0.5) is 11.4 Å². The maximum absolute atomic E-state index is 12.2. The van der Waals surface area contributed by atoms with E-state index >= 15 is 0 Å². The van der Waals surface area contributed by atoms with Gasteiger partial charge >= 0.3 is 5.97 Å². The predicted molar refractivity (Wildman–Crippen MR) is 113 cm³/mol. The molecule has 154 valence electrons. The molecule has 2 aromatic carbocycles. The summed E-state index contributed by atoms with van der Waals surface area (Å²) in [5.74, 6) is 0.455. The van der Waals surface area contributed by atoms with Crippen LogP contribution in [0.2, 0.25) is 0 Å². The van der Waals surface area contributed by atoms with Gasteiger partial charge in [-0.3, -0.25) is 9.69 Å². The second-order valence-electron chi connectivity index (χ2n) is 6.87. The maximum Gasteiger partial charge on any atom is 0.337 e. The van der Waals surface area contributed by atoms with Gasteiger partial charge in [0.1, 0.15) is 5.75 Å². The van der Waals surface area contributed by atoms with Crippen molar-refractivity contribution in [3.8, 4) is 5.75 Å². The van der Waals surface area contributed by atoms with Gasteiger partial charge in [-0.2, -0.15) is 0 Å². The van der Waals surface area contributed by atoms with Gasteiger partial charge in [0.15, 0.2) is 0 Å². The average molecular weight is 397 g/mol.